The van der Waals surface area contributed by atoms with Crippen LogP contribution in [0.1, 0.15) is 16.2 Å². The summed E-state index contributed by atoms with van der Waals surface area (Å²) in [6.07, 6.45) is 1.39. The van der Waals surface area contributed by atoms with Crippen LogP contribution in [0.25, 0.3) is 11.6 Å². The molecule has 0 fully saturated rings. The van der Waals surface area contributed by atoms with Crippen molar-refractivity contribution in [1.29, 1.82) is 0 Å². The smallest absolute Gasteiger partial charge is 0.354 e. The van der Waals surface area contributed by atoms with Crippen LogP contribution in [0, 0.1) is 6.92 Å². The maximum atomic E-state index is 10.7. The van der Waals surface area contributed by atoms with Crippen LogP contribution in [-0.2, 0) is 0 Å². The van der Waals surface area contributed by atoms with Gasteiger partial charge in [-0.3, -0.25) is 0 Å². The Morgan fingerprint density at radius 1 is 1.40 bits per heavy atom. The minimum absolute atomic E-state index is 0.0472. The highest BCUT2D eigenvalue weighted by Gasteiger charge is 2.09. The van der Waals surface area contributed by atoms with Crippen molar-refractivity contribution in [2.24, 2.45) is 0 Å². The Kier molecular flexibility index (Phi) is 2.21. The second-order valence-corrected chi connectivity index (χ2v) is 2.98. The number of aryl methyl sites for hydroxylation is 1. The van der Waals surface area contributed by atoms with Crippen molar-refractivity contribution >= 4 is 5.97 Å². The van der Waals surface area contributed by atoms with Gasteiger partial charge in [0.05, 0.1) is 0 Å². The van der Waals surface area contributed by atoms with Crippen LogP contribution in [0.2, 0.25) is 0 Å². The van der Waals surface area contributed by atoms with Crippen molar-refractivity contribution in [3.63, 3.8) is 0 Å². The normalized spacial score (nSPS) is 10.2. The lowest BCUT2D eigenvalue weighted by Crippen LogP contribution is -2.01. The fraction of sp³-hybridized carbons (Fsp3) is 0.100. The van der Waals surface area contributed by atoms with E-state index in [-0.39, 0.29) is 11.5 Å². The standard InChI is InChI=1S/C10H8N2O3/c1-6-2-3-8(15-6)9-11-5-4-7(12-9)10(13)14/h2-5H,1H3,(H,13,14). The Morgan fingerprint density at radius 2 is 2.20 bits per heavy atom. The van der Waals surface area contributed by atoms with E-state index in [0.29, 0.717) is 5.76 Å². The van der Waals surface area contributed by atoms with E-state index in [1.165, 1.54) is 12.3 Å². The zero-order valence-electron chi connectivity index (χ0n) is 7.97. The number of carbonyl (C=O) groups is 1. The Balaban J connectivity index is 2.45. The van der Waals surface area contributed by atoms with Gasteiger partial charge < -0.3 is 9.52 Å². The molecule has 76 valence electrons. The molecule has 0 saturated heterocycles. The molecule has 2 aromatic rings. The first kappa shape index (κ1) is 9.39. The molecule has 1 N–H and O–H groups in total. The van der Waals surface area contributed by atoms with Crippen LogP contribution < -0.4 is 0 Å². The molecule has 0 amide bonds. The molecule has 0 spiro atoms. The van der Waals surface area contributed by atoms with Gasteiger partial charge >= 0.3 is 5.97 Å². The summed E-state index contributed by atoms with van der Waals surface area (Å²) in [5.41, 5.74) is -0.0472. The Labute approximate surface area is 85.4 Å². The van der Waals surface area contributed by atoms with Crippen molar-refractivity contribution < 1.29 is 14.3 Å². The van der Waals surface area contributed by atoms with E-state index in [2.05, 4.69) is 9.97 Å². The molecule has 2 rings (SSSR count). The molecule has 2 aromatic heterocycles. The molecule has 0 bridgehead atoms. The molecular formula is C10H8N2O3. The van der Waals surface area contributed by atoms with Gasteiger partial charge in [0.2, 0.25) is 0 Å². The Morgan fingerprint density at radius 3 is 2.80 bits per heavy atom. The van der Waals surface area contributed by atoms with Gasteiger partial charge in [-0.15, -0.1) is 0 Å². The molecule has 0 saturated carbocycles. The minimum atomic E-state index is -1.08. The van der Waals surface area contributed by atoms with Gasteiger partial charge in [0.15, 0.2) is 17.3 Å². The minimum Gasteiger partial charge on any atom is -0.477 e. The summed E-state index contributed by atoms with van der Waals surface area (Å²) < 4.78 is 5.29. The second-order valence-electron chi connectivity index (χ2n) is 2.98. The summed E-state index contributed by atoms with van der Waals surface area (Å²) in [5.74, 6) is 0.398. The zero-order valence-corrected chi connectivity index (χ0v) is 7.97. The maximum absolute atomic E-state index is 10.7. The largest absolute Gasteiger partial charge is 0.477 e. The van der Waals surface area contributed by atoms with E-state index in [4.69, 9.17) is 9.52 Å². The number of rotatable bonds is 2. The molecule has 2 heterocycles. The summed E-state index contributed by atoms with van der Waals surface area (Å²) in [5, 5.41) is 8.74. The van der Waals surface area contributed by atoms with E-state index in [0.717, 1.165) is 5.76 Å². The first-order valence-electron chi connectivity index (χ1n) is 4.30. The van der Waals surface area contributed by atoms with Gasteiger partial charge in [-0.25, -0.2) is 14.8 Å². The van der Waals surface area contributed by atoms with Crippen LogP contribution in [0.5, 0.6) is 0 Å². The van der Waals surface area contributed by atoms with Gasteiger partial charge in [-0.1, -0.05) is 0 Å². The van der Waals surface area contributed by atoms with E-state index in [9.17, 15) is 4.79 Å². The lowest BCUT2D eigenvalue weighted by atomic mass is 10.3. The first-order chi connectivity index (χ1) is 7.16. The highest BCUT2D eigenvalue weighted by molar-refractivity contribution is 5.85. The number of carboxylic acid groups (broad SMARTS) is 1. The maximum Gasteiger partial charge on any atom is 0.354 e. The van der Waals surface area contributed by atoms with Crippen LogP contribution in [-0.4, -0.2) is 21.0 Å². The van der Waals surface area contributed by atoms with Gasteiger partial charge in [0.25, 0.3) is 0 Å². The number of furan rings is 1. The van der Waals surface area contributed by atoms with Gasteiger partial charge in [0.1, 0.15) is 5.76 Å². The number of nitrogens with zero attached hydrogens (tertiary/aromatic N) is 2. The molecule has 15 heavy (non-hydrogen) atoms. The van der Waals surface area contributed by atoms with Crippen LogP contribution in [0.15, 0.2) is 28.8 Å². The molecule has 0 unspecified atom stereocenters. The molecule has 0 aliphatic carbocycles. The molecule has 0 aliphatic heterocycles. The summed E-state index contributed by atoms with van der Waals surface area (Å²) in [4.78, 5) is 18.5. The molecular weight excluding hydrogens is 196 g/mol. The van der Waals surface area contributed by atoms with E-state index < -0.39 is 5.97 Å². The summed E-state index contributed by atoms with van der Waals surface area (Å²) in [6.45, 7) is 1.80. The zero-order chi connectivity index (χ0) is 10.8. The summed E-state index contributed by atoms with van der Waals surface area (Å²) in [7, 11) is 0. The fourth-order valence-electron chi connectivity index (χ4n) is 1.15. The van der Waals surface area contributed by atoms with Crippen molar-refractivity contribution in [1.82, 2.24) is 9.97 Å². The van der Waals surface area contributed by atoms with Gasteiger partial charge in [-0.2, -0.15) is 0 Å². The summed E-state index contributed by atoms with van der Waals surface area (Å²) in [6, 6.07) is 4.81. The number of hydrogen-bond donors (Lipinski definition) is 1. The van der Waals surface area contributed by atoms with Crippen LogP contribution >= 0.6 is 0 Å². The van der Waals surface area contributed by atoms with Crippen molar-refractivity contribution in [3.8, 4) is 11.6 Å². The Bertz CT molecular complexity index is 505. The lowest BCUT2D eigenvalue weighted by molar-refractivity contribution is 0.0690. The van der Waals surface area contributed by atoms with Gasteiger partial charge in [-0.05, 0) is 25.1 Å². The molecule has 0 radical (unpaired) electrons. The highest BCUT2D eigenvalue weighted by atomic mass is 16.4. The second kappa shape index (κ2) is 3.53. The highest BCUT2D eigenvalue weighted by Crippen LogP contribution is 2.17. The van der Waals surface area contributed by atoms with E-state index in [1.54, 1.807) is 19.1 Å². The quantitative estimate of drug-likeness (QED) is 0.806. The number of aromatic carboxylic acids is 1. The Hall–Kier alpha value is -2.17. The van der Waals surface area contributed by atoms with Gasteiger partial charge in [0, 0.05) is 6.20 Å². The van der Waals surface area contributed by atoms with Crippen LogP contribution in [0.4, 0.5) is 0 Å². The number of aromatic nitrogens is 2. The van der Waals surface area contributed by atoms with Crippen LogP contribution in [0.3, 0.4) is 0 Å². The monoisotopic (exact) mass is 204 g/mol. The molecule has 0 atom stereocenters. The predicted molar refractivity (Wildman–Crippen MR) is 51.4 cm³/mol. The molecule has 5 nitrogen and oxygen atoms in total. The molecule has 5 heteroatoms. The third-order valence-corrected chi connectivity index (χ3v) is 1.84. The summed E-state index contributed by atoms with van der Waals surface area (Å²) >= 11 is 0. The first-order valence-corrected chi connectivity index (χ1v) is 4.30. The fourth-order valence-corrected chi connectivity index (χ4v) is 1.15. The van der Waals surface area contributed by atoms with Crippen molar-refractivity contribution in [2.45, 2.75) is 6.92 Å². The molecule has 0 aromatic carbocycles. The van der Waals surface area contributed by atoms with Crippen molar-refractivity contribution in [3.05, 3.63) is 35.9 Å². The SMILES string of the molecule is Cc1ccc(-c2nccc(C(=O)O)n2)o1. The third-order valence-electron chi connectivity index (χ3n) is 1.84. The lowest BCUT2D eigenvalue weighted by Gasteiger charge is -1.96. The van der Waals surface area contributed by atoms with E-state index in [1.807, 2.05) is 0 Å². The topological polar surface area (TPSA) is 76.2 Å². The average molecular weight is 204 g/mol. The third kappa shape index (κ3) is 1.85. The number of carboxylic acids is 1. The molecule has 0 aliphatic rings. The number of hydrogen-bond acceptors (Lipinski definition) is 4. The predicted octanol–water partition coefficient (Wildman–Crippen LogP) is 1.74. The van der Waals surface area contributed by atoms with E-state index >= 15 is 0 Å². The average Bonchev–Trinajstić information content (AvgIpc) is 2.65. The van der Waals surface area contributed by atoms with Crippen molar-refractivity contribution in [2.75, 3.05) is 0 Å².